The Morgan fingerprint density at radius 3 is 2.31 bits per heavy atom. The van der Waals surface area contributed by atoms with Gasteiger partial charge in [0.2, 0.25) is 0 Å². The minimum atomic E-state index is -2.99. The number of urea groups is 1. The summed E-state index contributed by atoms with van der Waals surface area (Å²) < 4.78 is 30.0. The first-order valence-corrected chi connectivity index (χ1v) is 8.83. The van der Waals surface area contributed by atoms with Crippen LogP contribution in [0.1, 0.15) is 10.4 Å². The van der Waals surface area contributed by atoms with Crippen molar-refractivity contribution in [2.24, 2.45) is 0 Å². The fourth-order valence-electron chi connectivity index (χ4n) is 2.63. The summed E-state index contributed by atoms with van der Waals surface area (Å²) in [6, 6.07) is 18.4. The number of anilines is 1. The number of halogens is 3. The van der Waals surface area contributed by atoms with E-state index < -0.39 is 18.5 Å². The zero-order valence-electron chi connectivity index (χ0n) is 14.9. The van der Waals surface area contributed by atoms with Gasteiger partial charge in [-0.3, -0.25) is 10.1 Å². The highest BCUT2D eigenvalue weighted by Crippen LogP contribution is 2.33. The summed E-state index contributed by atoms with van der Waals surface area (Å²) >= 11 is 5.94. The molecular weight excluding hydrogens is 402 g/mol. The highest BCUT2D eigenvalue weighted by molar-refractivity contribution is 6.34. The average Bonchev–Trinajstić information content (AvgIpc) is 2.69. The van der Waals surface area contributed by atoms with Gasteiger partial charge in [-0.25, -0.2) is 4.79 Å². The quantitative estimate of drug-likeness (QED) is 0.571. The molecule has 29 heavy (non-hydrogen) atoms. The van der Waals surface area contributed by atoms with Gasteiger partial charge in [0.25, 0.3) is 5.91 Å². The number of ether oxygens (including phenoxy) is 1. The van der Waals surface area contributed by atoms with E-state index in [1.54, 1.807) is 42.5 Å². The summed E-state index contributed by atoms with van der Waals surface area (Å²) in [6.45, 7) is -2.99. The van der Waals surface area contributed by atoms with E-state index in [0.717, 1.165) is 0 Å². The number of hydrogen-bond donors (Lipinski definition) is 2. The van der Waals surface area contributed by atoms with Gasteiger partial charge in [-0.2, -0.15) is 8.78 Å². The molecule has 0 atom stereocenters. The number of benzene rings is 3. The zero-order chi connectivity index (χ0) is 20.8. The van der Waals surface area contributed by atoms with Crippen LogP contribution in [0.4, 0.5) is 19.3 Å². The topological polar surface area (TPSA) is 67.4 Å². The molecule has 2 N–H and O–H groups in total. The van der Waals surface area contributed by atoms with E-state index in [1.165, 1.54) is 30.3 Å². The molecule has 5 nitrogen and oxygen atoms in total. The van der Waals surface area contributed by atoms with Gasteiger partial charge >= 0.3 is 12.6 Å². The molecule has 0 fully saturated rings. The number of rotatable bonds is 5. The Kier molecular flexibility index (Phi) is 6.41. The van der Waals surface area contributed by atoms with Crippen molar-refractivity contribution in [2.45, 2.75) is 6.61 Å². The fourth-order valence-corrected chi connectivity index (χ4v) is 2.85. The Morgan fingerprint density at radius 1 is 0.931 bits per heavy atom. The van der Waals surface area contributed by atoms with Gasteiger partial charge in [0, 0.05) is 11.3 Å². The molecule has 0 heterocycles. The second-order valence-electron chi connectivity index (χ2n) is 5.84. The predicted molar refractivity (Wildman–Crippen MR) is 106 cm³/mol. The maximum absolute atomic E-state index is 12.7. The zero-order valence-corrected chi connectivity index (χ0v) is 15.6. The Bertz CT molecular complexity index is 1030. The maximum Gasteiger partial charge on any atom is 0.387 e. The molecule has 3 amide bonds. The van der Waals surface area contributed by atoms with Crippen LogP contribution in [0.3, 0.4) is 0 Å². The van der Waals surface area contributed by atoms with Crippen LogP contribution >= 0.6 is 11.6 Å². The third-order valence-electron chi connectivity index (χ3n) is 3.88. The molecule has 3 rings (SSSR count). The van der Waals surface area contributed by atoms with Crippen LogP contribution in [-0.2, 0) is 0 Å². The highest BCUT2D eigenvalue weighted by Gasteiger charge is 2.15. The van der Waals surface area contributed by atoms with Crippen molar-refractivity contribution < 1.29 is 23.1 Å². The molecule has 0 saturated heterocycles. The van der Waals surface area contributed by atoms with Crippen molar-refractivity contribution in [3.63, 3.8) is 0 Å². The van der Waals surface area contributed by atoms with Gasteiger partial charge < -0.3 is 10.1 Å². The lowest BCUT2D eigenvalue weighted by atomic mass is 10.0. The van der Waals surface area contributed by atoms with Crippen LogP contribution in [0.25, 0.3) is 11.1 Å². The largest absolute Gasteiger partial charge is 0.434 e. The number of carbonyl (C=O) groups is 2. The first-order chi connectivity index (χ1) is 13.9. The van der Waals surface area contributed by atoms with Gasteiger partial charge in [0.05, 0.1) is 10.6 Å². The average molecular weight is 417 g/mol. The molecule has 0 spiro atoms. The van der Waals surface area contributed by atoms with E-state index in [-0.39, 0.29) is 22.0 Å². The summed E-state index contributed by atoms with van der Waals surface area (Å²) in [5, 5.41) is 4.87. The fraction of sp³-hybridized carbons (Fsp3) is 0.0476. The van der Waals surface area contributed by atoms with E-state index >= 15 is 0 Å². The van der Waals surface area contributed by atoms with Crippen molar-refractivity contribution in [3.05, 3.63) is 83.4 Å². The lowest BCUT2D eigenvalue weighted by molar-refractivity contribution is -0.0494. The second kappa shape index (κ2) is 9.16. The maximum atomic E-state index is 12.7. The number of amides is 3. The van der Waals surface area contributed by atoms with Crippen LogP contribution < -0.4 is 15.4 Å². The molecule has 8 heteroatoms. The minimum absolute atomic E-state index is 0.0377. The molecule has 0 aromatic heterocycles. The lowest BCUT2D eigenvalue weighted by Crippen LogP contribution is -2.34. The Labute approximate surface area is 170 Å². The van der Waals surface area contributed by atoms with E-state index in [4.69, 9.17) is 11.6 Å². The highest BCUT2D eigenvalue weighted by atomic mass is 35.5. The van der Waals surface area contributed by atoms with Gasteiger partial charge in [-0.1, -0.05) is 54.1 Å². The Balaban J connectivity index is 1.79. The van der Waals surface area contributed by atoms with E-state index in [9.17, 15) is 18.4 Å². The lowest BCUT2D eigenvalue weighted by Gasteiger charge is -2.14. The van der Waals surface area contributed by atoms with Gasteiger partial charge in [0.15, 0.2) is 0 Å². The molecule has 0 aliphatic heterocycles. The first-order valence-electron chi connectivity index (χ1n) is 8.45. The predicted octanol–water partition coefficient (Wildman–Crippen LogP) is 5.57. The van der Waals surface area contributed by atoms with Crippen molar-refractivity contribution >= 4 is 29.2 Å². The molecular formula is C21H15ClF2N2O3. The van der Waals surface area contributed by atoms with E-state index in [1.807, 2.05) is 0 Å². The third-order valence-corrected chi connectivity index (χ3v) is 4.21. The molecule has 0 radical (unpaired) electrons. The van der Waals surface area contributed by atoms with Crippen molar-refractivity contribution in [1.82, 2.24) is 5.32 Å². The van der Waals surface area contributed by atoms with Gasteiger partial charge in [0.1, 0.15) is 5.75 Å². The number of alkyl halides is 2. The molecule has 0 aliphatic rings. The second-order valence-corrected chi connectivity index (χ2v) is 6.25. The molecule has 0 saturated carbocycles. The van der Waals surface area contributed by atoms with Crippen molar-refractivity contribution in [2.75, 3.05) is 5.32 Å². The summed E-state index contributed by atoms with van der Waals surface area (Å²) in [5.41, 5.74) is 1.42. The van der Waals surface area contributed by atoms with Crippen LogP contribution in [0.2, 0.25) is 5.02 Å². The number of hydrogen-bond acceptors (Lipinski definition) is 3. The monoisotopic (exact) mass is 416 g/mol. The summed E-state index contributed by atoms with van der Waals surface area (Å²) in [4.78, 5) is 24.4. The number of carbonyl (C=O) groups excluding carboxylic acids is 2. The smallest absolute Gasteiger partial charge is 0.387 e. The molecule has 0 unspecified atom stereocenters. The molecule has 0 bridgehead atoms. The summed E-state index contributed by atoms with van der Waals surface area (Å²) in [7, 11) is 0. The van der Waals surface area contributed by atoms with Gasteiger partial charge in [-0.15, -0.1) is 0 Å². The van der Waals surface area contributed by atoms with Crippen LogP contribution in [0.15, 0.2) is 72.8 Å². The van der Waals surface area contributed by atoms with Crippen molar-refractivity contribution in [3.8, 4) is 16.9 Å². The molecule has 148 valence electrons. The van der Waals surface area contributed by atoms with Gasteiger partial charge in [-0.05, 0) is 35.9 Å². The van der Waals surface area contributed by atoms with Crippen LogP contribution in [0, 0.1) is 0 Å². The normalized spacial score (nSPS) is 10.5. The van der Waals surface area contributed by atoms with E-state index in [2.05, 4.69) is 15.4 Å². The number of imide groups is 1. The SMILES string of the molecule is O=C(NC(=O)c1ccccc1Cl)Nc1ccc(OC(F)F)c(-c2ccccc2)c1. The molecule has 3 aromatic carbocycles. The minimum Gasteiger partial charge on any atom is -0.434 e. The Morgan fingerprint density at radius 2 is 1.62 bits per heavy atom. The molecule has 0 aliphatic carbocycles. The third kappa shape index (κ3) is 5.30. The standard InChI is InChI=1S/C21H15ClF2N2O3/c22-17-9-5-4-8-15(17)19(27)26-21(28)25-14-10-11-18(29-20(23)24)16(12-14)13-6-2-1-3-7-13/h1-12,20H,(H2,25,26,27,28). The van der Waals surface area contributed by atoms with Crippen LogP contribution in [-0.4, -0.2) is 18.5 Å². The summed E-state index contributed by atoms with van der Waals surface area (Å²) in [6.07, 6.45) is 0. The summed E-state index contributed by atoms with van der Waals surface area (Å²) in [5.74, 6) is -0.710. The van der Waals surface area contributed by atoms with Crippen LogP contribution in [0.5, 0.6) is 5.75 Å². The number of nitrogens with one attached hydrogen (secondary N) is 2. The van der Waals surface area contributed by atoms with E-state index in [0.29, 0.717) is 11.1 Å². The molecule has 3 aromatic rings. The van der Waals surface area contributed by atoms with Crippen molar-refractivity contribution in [1.29, 1.82) is 0 Å². The first kappa shape index (κ1) is 20.3. The Hall–Kier alpha value is -3.45.